The molecule has 0 unspecified atom stereocenters. The summed E-state index contributed by atoms with van der Waals surface area (Å²) in [4.78, 5) is 24.8. The Morgan fingerprint density at radius 1 is 1.45 bits per heavy atom. The van der Waals surface area contributed by atoms with Gasteiger partial charge in [-0.2, -0.15) is 5.10 Å². The van der Waals surface area contributed by atoms with Crippen molar-refractivity contribution in [2.24, 2.45) is 0 Å². The molecule has 0 bridgehead atoms. The number of carbonyl (C=O) groups is 1. The molecule has 4 rings (SSSR count). The Balaban J connectivity index is 1.52. The summed E-state index contributed by atoms with van der Waals surface area (Å²) in [5, 5.41) is 18.5. The number of carbonyl (C=O) groups excluding carboxylic acids is 1. The van der Waals surface area contributed by atoms with Crippen molar-refractivity contribution in [2.75, 3.05) is 30.9 Å². The van der Waals surface area contributed by atoms with Gasteiger partial charge in [-0.3, -0.25) is 10.1 Å². The molecule has 0 aliphatic carbocycles. The maximum absolute atomic E-state index is 12.6. The molecule has 152 valence electrons. The van der Waals surface area contributed by atoms with E-state index >= 15 is 0 Å². The van der Waals surface area contributed by atoms with Crippen LogP contribution in [0.15, 0.2) is 27.5 Å². The normalized spacial score (nSPS) is 15.6. The van der Waals surface area contributed by atoms with Crippen molar-refractivity contribution in [1.82, 2.24) is 20.0 Å². The first-order valence-corrected chi connectivity index (χ1v) is 9.60. The van der Waals surface area contributed by atoms with Crippen molar-refractivity contribution >= 4 is 28.1 Å². The van der Waals surface area contributed by atoms with Crippen LogP contribution in [0, 0.1) is 6.92 Å². The molecule has 29 heavy (non-hydrogen) atoms. The molecule has 3 aromatic rings. The zero-order valence-electron chi connectivity index (χ0n) is 15.7. The number of anilines is 2. The van der Waals surface area contributed by atoms with E-state index in [-0.39, 0.29) is 22.7 Å². The van der Waals surface area contributed by atoms with Crippen molar-refractivity contribution in [3.63, 3.8) is 0 Å². The Morgan fingerprint density at radius 3 is 2.93 bits per heavy atom. The van der Waals surface area contributed by atoms with E-state index in [0.29, 0.717) is 17.4 Å². The van der Waals surface area contributed by atoms with Gasteiger partial charge in [0.2, 0.25) is 16.0 Å². The van der Waals surface area contributed by atoms with Crippen molar-refractivity contribution in [2.45, 2.75) is 19.4 Å². The van der Waals surface area contributed by atoms with Gasteiger partial charge in [0.1, 0.15) is 0 Å². The summed E-state index contributed by atoms with van der Waals surface area (Å²) in [7, 11) is 1.36. The highest BCUT2D eigenvalue weighted by Gasteiger charge is 2.22. The minimum atomic E-state index is -0.762. The average molecular weight is 418 g/mol. The fourth-order valence-corrected chi connectivity index (χ4v) is 3.43. The van der Waals surface area contributed by atoms with Gasteiger partial charge in [0, 0.05) is 31.1 Å². The summed E-state index contributed by atoms with van der Waals surface area (Å²) >= 11 is 1.14. The smallest absolute Gasteiger partial charge is 0.381 e. The third-order valence-corrected chi connectivity index (χ3v) is 5.11. The molecule has 2 N–H and O–H groups in total. The van der Waals surface area contributed by atoms with E-state index in [1.54, 1.807) is 10.9 Å². The quantitative estimate of drug-likeness (QED) is 0.585. The summed E-state index contributed by atoms with van der Waals surface area (Å²) in [6, 6.07) is 3.24. The van der Waals surface area contributed by atoms with E-state index in [1.165, 1.54) is 13.2 Å². The van der Waals surface area contributed by atoms with E-state index in [0.717, 1.165) is 30.1 Å². The zero-order chi connectivity index (χ0) is 20.4. The molecule has 1 fully saturated rings. The fourth-order valence-electron chi connectivity index (χ4n) is 2.67. The van der Waals surface area contributed by atoms with Gasteiger partial charge in [-0.15, -0.1) is 10.2 Å². The van der Waals surface area contributed by atoms with Gasteiger partial charge in [0.15, 0.2) is 5.76 Å². The third kappa shape index (κ3) is 3.98. The number of aromatic nitrogens is 4. The molecule has 0 saturated carbocycles. The van der Waals surface area contributed by atoms with E-state index in [4.69, 9.17) is 13.9 Å². The van der Waals surface area contributed by atoms with Crippen LogP contribution in [0.3, 0.4) is 0 Å². The second kappa shape index (κ2) is 8.01. The van der Waals surface area contributed by atoms with Gasteiger partial charge in [0.25, 0.3) is 5.91 Å². The number of aryl methyl sites for hydroxylation is 1. The van der Waals surface area contributed by atoms with Crippen LogP contribution in [0.25, 0.3) is 5.13 Å². The van der Waals surface area contributed by atoms with Crippen LogP contribution in [0.1, 0.15) is 22.7 Å². The first kappa shape index (κ1) is 19.1. The molecule has 0 aromatic carbocycles. The SMILES string of the molecule is COc1c(NC[C@H]2CCO2)cc(C(=O)Nc2nnc(-n3nccc3C)s2)oc1=O. The van der Waals surface area contributed by atoms with E-state index < -0.39 is 11.5 Å². The lowest BCUT2D eigenvalue weighted by atomic mass is 10.2. The lowest BCUT2D eigenvalue weighted by Gasteiger charge is -2.27. The molecule has 1 saturated heterocycles. The van der Waals surface area contributed by atoms with Crippen LogP contribution in [0.5, 0.6) is 5.75 Å². The predicted molar refractivity (Wildman–Crippen MR) is 104 cm³/mol. The highest BCUT2D eigenvalue weighted by atomic mass is 32.1. The summed E-state index contributed by atoms with van der Waals surface area (Å²) in [5.41, 5.74) is 0.475. The Bertz CT molecular complexity index is 1090. The van der Waals surface area contributed by atoms with Crippen LogP contribution in [0.2, 0.25) is 0 Å². The summed E-state index contributed by atoms with van der Waals surface area (Å²) < 4.78 is 17.1. The van der Waals surface area contributed by atoms with Gasteiger partial charge in [-0.25, -0.2) is 9.48 Å². The highest BCUT2D eigenvalue weighted by Crippen LogP contribution is 2.24. The molecular formula is C17H18N6O5S. The van der Waals surface area contributed by atoms with Crippen molar-refractivity contribution in [1.29, 1.82) is 0 Å². The second-order valence-electron chi connectivity index (χ2n) is 6.24. The lowest BCUT2D eigenvalue weighted by Crippen LogP contribution is -2.33. The first-order valence-electron chi connectivity index (χ1n) is 8.78. The summed E-state index contributed by atoms with van der Waals surface area (Å²) in [6.45, 7) is 3.08. The first-order chi connectivity index (χ1) is 14.0. The van der Waals surface area contributed by atoms with E-state index in [9.17, 15) is 9.59 Å². The molecule has 0 radical (unpaired) electrons. The van der Waals surface area contributed by atoms with Gasteiger partial charge < -0.3 is 19.2 Å². The van der Waals surface area contributed by atoms with E-state index in [2.05, 4.69) is 25.9 Å². The van der Waals surface area contributed by atoms with Crippen LogP contribution in [-0.4, -0.2) is 52.3 Å². The Morgan fingerprint density at radius 2 is 2.28 bits per heavy atom. The van der Waals surface area contributed by atoms with Crippen LogP contribution in [-0.2, 0) is 4.74 Å². The van der Waals surface area contributed by atoms with Gasteiger partial charge >= 0.3 is 5.63 Å². The zero-order valence-corrected chi connectivity index (χ0v) is 16.5. The Kier molecular flexibility index (Phi) is 5.27. The number of ether oxygens (including phenoxy) is 2. The van der Waals surface area contributed by atoms with Gasteiger partial charge in [0.05, 0.1) is 18.9 Å². The van der Waals surface area contributed by atoms with E-state index in [1.807, 2.05) is 13.0 Å². The molecular weight excluding hydrogens is 400 g/mol. The average Bonchev–Trinajstić information content (AvgIpc) is 3.28. The number of methoxy groups -OCH3 is 1. The summed E-state index contributed by atoms with van der Waals surface area (Å²) in [5.74, 6) is -0.819. The molecule has 1 amide bonds. The van der Waals surface area contributed by atoms with Crippen molar-refractivity contribution < 1.29 is 18.7 Å². The topological polar surface area (TPSA) is 133 Å². The number of hydrogen-bond donors (Lipinski definition) is 2. The van der Waals surface area contributed by atoms with Crippen molar-refractivity contribution in [3.8, 4) is 10.9 Å². The number of nitrogens with one attached hydrogen (secondary N) is 2. The van der Waals surface area contributed by atoms with Crippen molar-refractivity contribution in [3.05, 3.63) is 40.2 Å². The number of hydrogen-bond acceptors (Lipinski definition) is 10. The Labute approximate surface area is 168 Å². The van der Waals surface area contributed by atoms with Gasteiger partial charge in [-0.1, -0.05) is 11.3 Å². The highest BCUT2D eigenvalue weighted by molar-refractivity contribution is 7.17. The minimum Gasteiger partial charge on any atom is -0.488 e. The lowest BCUT2D eigenvalue weighted by molar-refractivity contribution is -0.0410. The molecule has 4 heterocycles. The maximum Gasteiger partial charge on any atom is 0.381 e. The molecule has 0 spiro atoms. The summed E-state index contributed by atoms with van der Waals surface area (Å²) in [6.07, 6.45) is 2.64. The molecule has 1 aliphatic rings. The van der Waals surface area contributed by atoms with Crippen LogP contribution < -0.4 is 21.0 Å². The minimum absolute atomic E-state index is 0.00627. The number of rotatable bonds is 7. The van der Waals surface area contributed by atoms with Crippen LogP contribution >= 0.6 is 11.3 Å². The molecule has 3 aromatic heterocycles. The fraction of sp³-hybridized carbons (Fsp3) is 0.353. The standard InChI is InChI=1S/C17H18N6O5S/c1-9-3-5-19-23(9)17-22-21-16(29-17)20-14(24)12-7-11(13(26-2)15(25)28-12)18-8-10-4-6-27-10/h3,5,7,10,18H,4,6,8H2,1-2H3,(H,20,21,24)/t10-/m1/s1. The van der Waals surface area contributed by atoms with Crippen LogP contribution in [0.4, 0.5) is 10.8 Å². The predicted octanol–water partition coefficient (Wildman–Crippen LogP) is 1.45. The third-order valence-electron chi connectivity index (χ3n) is 4.30. The largest absolute Gasteiger partial charge is 0.488 e. The number of amides is 1. The Hall–Kier alpha value is -3.25. The second-order valence-corrected chi connectivity index (χ2v) is 7.19. The molecule has 1 atom stereocenters. The molecule has 1 aliphatic heterocycles. The maximum atomic E-state index is 12.6. The molecule has 12 heteroatoms. The number of nitrogens with zero attached hydrogens (tertiary/aromatic N) is 4. The monoisotopic (exact) mass is 418 g/mol. The molecule has 11 nitrogen and oxygen atoms in total. The van der Waals surface area contributed by atoms with Gasteiger partial charge in [-0.05, 0) is 19.4 Å².